The van der Waals surface area contributed by atoms with Crippen molar-refractivity contribution >= 4 is 17.4 Å². The molecule has 0 radical (unpaired) electrons. The van der Waals surface area contributed by atoms with Crippen molar-refractivity contribution in [3.8, 4) is 5.75 Å². The number of Topliss-reactive ketones (excluding diaryl/α,β-unsaturated/α-hetero) is 1. The number of amides is 1. The van der Waals surface area contributed by atoms with Crippen LogP contribution in [0.15, 0.2) is 18.2 Å². The standard InChI is InChI=1S/C12H13NO3/c1-3-10(14)8-4-5-11-9(6-8)13(2)12(15)7-16-11/h4-6H,3,7H2,1-2H3. The molecule has 0 aliphatic carbocycles. The minimum atomic E-state index is -0.103. The van der Waals surface area contributed by atoms with Crippen LogP contribution in [0.2, 0.25) is 0 Å². The largest absolute Gasteiger partial charge is 0.482 e. The average Bonchev–Trinajstić information content (AvgIpc) is 2.32. The minimum Gasteiger partial charge on any atom is -0.482 e. The quantitative estimate of drug-likeness (QED) is 0.710. The third-order valence-electron chi connectivity index (χ3n) is 2.69. The van der Waals surface area contributed by atoms with Gasteiger partial charge in [-0.2, -0.15) is 0 Å². The Morgan fingerprint density at radius 3 is 2.94 bits per heavy atom. The fourth-order valence-corrected chi connectivity index (χ4v) is 1.65. The van der Waals surface area contributed by atoms with E-state index in [2.05, 4.69) is 0 Å². The number of carbonyl (C=O) groups excluding carboxylic acids is 2. The lowest BCUT2D eigenvalue weighted by molar-refractivity contribution is -0.120. The molecule has 1 aliphatic rings. The van der Waals surface area contributed by atoms with Crippen LogP contribution in [-0.4, -0.2) is 25.3 Å². The zero-order valence-corrected chi connectivity index (χ0v) is 9.32. The summed E-state index contributed by atoms with van der Waals surface area (Å²) in [5.41, 5.74) is 1.28. The number of hydrogen-bond acceptors (Lipinski definition) is 3. The summed E-state index contributed by atoms with van der Waals surface area (Å²) in [6, 6.07) is 5.17. The summed E-state index contributed by atoms with van der Waals surface area (Å²) in [5.74, 6) is 0.609. The van der Waals surface area contributed by atoms with Gasteiger partial charge in [-0.05, 0) is 18.2 Å². The van der Waals surface area contributed by atoms with Gasteiger partial charge in [0.2, 0.25) is 0 Å². The Balaban J connectivity index is 2.44. The lowest BCUT2D eigenvalue weighted by atomic mass is 10.1. The summed E-state index contributed by atoms with van der Waals surface area (Å²) >= 11 is 0. The predicted molar refractivity (Wildman–Crippen MR) is 60.0 cm³/mol. The van der Waals surface area contributed by atoms with Crippen LogP contribution < -0.4 is 9.64 Å². The molecule has 0 aromatic heterocycles. The predicted octanol–water partition coefficient (Wildman–Crippen LogP) is 1.63. The van der Waals surface area contributed by atoms with E-state index in [0.29, 0.717) is 23.4 Å². The molecule has 1 aliphatic heterocycles. The van der Waals surface area contributed by atoms with Crippen molar-refractivity contribution in [3.05, 3.63) is 23.8 Å². The molecule has 1 heterocycles. The van der Waals surface area contributed by atoms with Gasteiger partial charge in [0.1, 0.15) is 5.75 Å². The number of anilines is 1. The van der Waals surface area contributed by atoms with Crippen LogP contribution in [0.4, 0.5) is 5.69 Å². The van der Waals surface area contributed by atoms with Crippen molar-refractivity contribution in [3.63, 3.8) is 0 Å². The number of likely N-dealkylation sites (N-methyl/N-ethyl adjacent to an activating group) is 1. The Bertz CT molecular complexity index is 454. The summed E-state index contributed by atoms with van der Waals surface area (Å²) in [6.45, 7) is 1.87. The molecule has 0 bridgehead atoms. The summed E-state index contributed by atoms with van der Waals surface area (Å²) in [5, 5.41) is 0. The maximum atomic E-state index is 11.5. The van der Waals surface area contributed by atoms with Gasteiger partial charge < -0.3 is 9.64 Å². The molecule has 1 aromatic rings. The first-order chi connectivity index (χ1) is 7.63. The van der Waals surface area contributed by atoms with Crippen LogP contribution >= 0.6 is 0 Å². The first kappa shape index (κ1) is 10.7. The first-order valence-electron chi connectivity index (χ1n) is 5.20. The maximum absolute atomic E-state index is 11.5. The van der Waals surface area contributed by atoms with E-state index >= 15 is 0 Å². The minimum absolute atomic E-state index is 0.0601. The second-order valence-corrected chi connectivity index (χ2v) is 3.70. The second kappa shape index (κ2) is 3.96. The monoisotopic (exact) mass is 219 g/mol. The highest BCUT2D eigenvalue weighted by Crippen LogP contribution is 2.32. The van der Waals surface area contributed by atoms with Gasteiger partial charge in [0, 0.05) is 19.0 Å². The summed E-state index contributed by atoms with van der Waals surface area (Å²) in [4.78, 5) is 24.5. The zero-order valence-electron chi connectivity index (χ0n) is 9.32. The zero-order chi connectivity index (χ0) is 11.7. The Hall–Kier alpha value is -1.84. The molecule has 4 nitrogen and oxygen atoms in total. The molecule has 0 atom stereocenters. The van der Waals surface area contributed by atoms with Crippen molar-refractivity contribution in [2.45, 2.75) is 13.3 Å². The van der Waals surface area contributed by atoms with E-state index in [1.165, 1.54) is 4.90 Å². The molecule has 0 saturated heterocycles. The molecular weight excluding hydrogens is 206 g/mol. The average molecular weight is 219 g/mol. The topological polar surface area (TPSA) is 46.6 Å². The summed E-state index contributed by atoms with van der Waals surface area (Å²) < 4.78 is 5.27. The number of hydrogen-bond donors (Lipinski definition) is 0. The van der Waals surface area contributed by atoms with Gasteiger partial charge in [-0.3, -0.25) is 9.59 Å². The Morgan fingerprint density at radius 2 is 2.25 bits per heavy atom. The molecule has 0 fully saturated rings. The summed E-state index contributed by atoms with van der Waals surface area (Å²) in [6.07, 6.45) is 0.456. The first-order valence-corrected chi connectivity index (χ1v) is 5.20. The van der Waals surface area contributed by atoms with Crippen LogP contribution in [0.1, 0.15) is 23.7 Å². The SMILES string of the molecule is CCC(=O)c1ccc2c(c1)N(C)C(=O)CO2. The van der Waals surface area contributed by atoms with Crippen molar-refractivity contribution in [1.82, 2.24) is 0 Å². The van der Waals surface area contributed by atoms with Crippen molar-refractivity contribution < 1.29 is 14.3 Å². The highest BCUT2D eigenvalue weighted by Gasteiger charge is 2.22. The highest BCUT2D eigenvalue weighted by molar-refractivity contribution is 6.01. The number of ether oxygens (including phenoxy) is 1. The van der Waals surface area contributed by atoms with Crippen molar-refractivity contribution in [2.24, 2.45) is 0 Å². The second-order valence-electron chi connectivity index (χ2n) is 3.70. The third-order valence-corrected chi connectivity index (χ3v) is 2.69. The van der Waals surface area contributed by atoms with Crippen LogP contribution in [0.5, 0.6) is 5.75 Å². The van der Waals surface area contributed by atoms with Crippen LogP contribution in [0.3, 0.4) is 0 Å². The van der Waals surface area contributed by atoms with Gasteiger partial charge in [-0.25, -0.2) is 0 Å². The van der Waals surface area contributed by atoms with E-state index in [1.807, 2.05) is 6.92 Å². The molecule has 0 N–H and O–H groups in total. The number of nitrogens with zero attached hydrogens (tertiary/aromatic N) is 1. The summed E-state index contributed by atoms with van der Waals surface area (Å²) in [7, 11) is 1.68. The highest BCUT2D eigenvalue weighted by atomic mass is 16.5. The smallest absolute Gasteiger partial charge is 0.264 e. The molecule has 0 spiro atoms. The Labute approximate surface area is 93.8 Å². The molecular formula is C12H13NO3. The fourth-order valence-electron chi connectivity index (χ4n) is 1.65. The normalized spacial score (nSPS) is 14.4. The van der Waals surface area contributed by atoms with E-state index in [-0.39, 0.29) is 18.3 Å². The van der Waals surface area contributed by atoms with Gasteiger partial charge in [0.15, 0.2) is 12.4 Å². The van der Waals surface area contributed by atoms with E-state index in [1.54, 1.807) is 25.2 Å². The maximum Gasteiger partial charge on any atom is 0.264 e. The van der Waals surface area contributed by atoms with Gasteiger partial charge in [0.25, 0.3) is 5.91 Å². The number of ketones is 1. The van der Waals surface area contributed by atoms with Crippen molar-refractivity contribution in [1.29, 1.82) is 0 Å². The molecule has 4 heteroatoms. The lowest BCUT2D eigenvalue weighted by Crippen LogP contribution is -2.35. The molecule has 2 rings (SSSR count). The third kappa shape index (κ3) is 1.66. The van der Waals surface area contributed by atoms with Gasteiger partial charge >= 0.3 is 0 Å². The molecule has 16 heavy (non-hydrogen) atoms. The number of rotatable bonds is 2. The fraction of sp³-hybridized carbons (Fsp3) is 0.333. The molecule has 1 aromatic carbocycles. The van der Waals surface area contributed by atoms with E-state index in [4.69, 9.17) is 4.74 Å². The molecule has 1 amide bonds. The van der Waals surface area contributed by atoms with E-state index < -0.39 is 0 Å². The van der Waals surface area contributed by atoms with E-state index in [0.717, 1.165) is 0 Å². The molecule has 84 valence electrons. The van der Waals surface area contributed by atoms with Crippen molar-refractivity contribution in [2.75, 3.05) is 18.6 Å². The number of carbonyl (C=O) groups is 2. The van der Waals surface area contributed by atoms with Crippen LogP contribution in [0, 0.1) is 0 Å². The van der Waals surface area contributed by atoms with Gasteiger partial charge in [0.05, 0.1) is 5.69 Å². The Kier molecular flexibility index (Phi) is 2.64. The molecule has 0 saturated carbocycles. The molecule has 0 unspecified atom stereocenters. The number of benzene rings is 1. The van der Waals surface area contributed by atoms with Crippen LogP contribution in [-0.2, 0) is 4.79 Å². The van der Waals surface area contributed by atoms with Gasteiger partial charge in [-0.1, -0.05) is 6.92 Å². The lowest BCUT2D eigenvalue weighted by Gasteiger charge is -2.26. The Morgan fingerprint density at radius 1 is 1.50 bits per heavy atom. The van der Waals surface area contributed by atoms with E-state index in [9.17, 15) is 9.59 Å². The number of fused-ring (bicyclic) bond motifs is 1. The van der Waals surface area contributed by atoms with Crippen LogP contribution in [0.25, 0.3) is 0 Å². The van der Waals surface area contributed by atoms with Gasteiger partial charge in [-0.15, -0.1) is 0 Å².